The molecule has 0 saturated heterocycles. The highest BCUT2D eigenvalue weighted by atomic mass is 32.2. The molecule has 0 fully saturated rings. The lowest BCUT2D eigenvalue weighted by Gasteiger charge is -2.31. The first-order chi connectivity index (χ1) is 24.5. The number of phenols is 1. The molecule has 4 aromatic rings. The minimum absolute atomic E-state index is 0.0128. The molecule has 272 valence electrons. The summed E-state index contributed by atoms with van der Waals surface area (Å²) in [6.45, 7) is 3.95. The predicted octanol–water partition coefficient (Wildman–Crippen LogP) is 4.91. The molecule has 0 aliphatic carbocycles. The van der Waals surface area contributed by atoms with Crippen molar-refractivity contribution in [2.75, 3.05) is 32.5 Å². The van der Waals surface area contributed by atoms with E-state index >= 15 is 0 Å². The van der Waals surface area contributed by atoms with Crippen LogP contribution in [0.2, 0.25) is 0 Å². The van der Waals surface area contributed by atoms with Crippen LogP contribution in [0.25, 0.3) is 0 Å². The number of rotatable bonds is 18. The van der Waals surface area contributed by atoms with E-state index in [1.54, 1.807) is 0 Å². The van der Waals surface area contributed by atoms with Gasteiger partial charge in [0, 0.05) is 36.3 Å². The second-order valence-electron chi connectivity index (χ2n) is 12.8. The highest BCUT2D eigenvalue weighted by Crippen LogP contribution is 2.30. The van der Waals surface area contributed by atoms with E-state index in [2.05, 4.69) is 10.6 Å². The SMILES string of the molecule is COc1cc(C(=O)N[C@@H](C(=O)NCCCC[C@@H](CO)N(CC(C)C)S(=O)(=O)c2ccc(N)cc2)C(c2ccccc2)c2ccccc2)ccc1O. The Labute approximate surface area is 300 Å². The summed E-state index contributed by atoms with van der Waals surface area (Å²) in [5, 5.41) is 26.3. The van der Waals surface area contributed by atoms with Crippen LogP contribution in [0.5, 0.6) is 11.5 Å². The standard InChI is InChI=1S/C39H48N4O7S/c1-27(2)25-43(51(48,49)33-20-18-31(40)19-21-33)32(26-44)16-10-11-23-41-39(47)37(42-38(46)30-17-22-34(45)35(24-30)50-3)36(28-12-6-4-7-13-28)29-14-8-5-9-15-29/h4-9,12-15,17-22,24,27,32,36-37,44-45H,10-11,16,23,25-26,40H2,1-3H3,(H,41,47)(H,42,46)/t32-,37+/m0/s1. The van der Waals surface area contributed by atoms with E-state index in [0.717, 1.165) is 11.1 Å². The molecule has 0 aliphatic heterocycles. The number of unbranched alkanes of at least 4 members (excludes halogenated alkanes) is 1. The third-order valence-electron chi connectivity index (χ3n) is 8.57. The van der Waals surface area contributed by atoms with Crippen LogP contribution in [0.3, 0.4) is 0 Å². The van der Waals surface area contributed by atoms with E-state index in [9.17, 15) is 28.2 Å². The van der Waals surface area contributed by atoms with Gasteiger partial charge in [-0.25, -0.2) is 8.42 Å². The summed E-state index contributed by atoms with van der Waals surface area (Å²) in [5.74, 6) is -1.45. The minimum atomic E-state index is -3.91. The molecule has 0 bridgehead atoms. The van der Waals surface area contributed by atoms with Gasteiger partial charge in [-0.3, -0.25) is 9.59 Å². The van der Waals surface area contributed by atoms with Gasteiger partial charge in [-0.2, -0.15) is 4.31 Å². The van der Waals surface area contributed by atoms with Crippen LogP contribution in [-0.2, 0) is 14.8 Å². The number of carbonyl (C=O) groups is 2. The lowest BCUT2D eigenvalue weighted by atomic mass is 9.84. The lowest BCUT2D eigenvalue weighted by Crippen LogP contribution is -2.50. The van der Waals surface area contributed by atoms with Crippen molar-refractivity contribution in [3.63, 3.8) is 0 Å². The Bertz CT molecular complexity index is 1780. The van der Waals surface area contributed by atoms with E-state index < -0.39 is 39.8 Å². The molecule has 0 heterocycles. The number of nitrogen functional groups attached to an aromatic ring is 1. The Morgan fingerprint density at radius 1 is 0.882 bits per heavy atom. The summed E-state index contributed by atoms with van der Waals surface area (Å²) in [6.07, 6.45) is 1.38. The Balaban J connectivity index is 1.51. The monoisotopic (exact) mass is 716 g/mol. The van der Waals surface area contributed by atoms with E-state index in [-0.39, 0.29) is 47.6 Å². The molecule has 0 aliphatic rings. The molecule has 0 radical (unpaired) electrons. The number of ether oxygens (including phenoxy) is 1. The van der Waals surface area contributed by atoms with Gasteiger partial charge in [0.25, 0.3) is 5.91 Å². The number of aliphatic hydroxyl groups is 1. The normalized spacial score (nSPS) is 12.8. The van der Waals surface area contributed by atoms with E-state index in [1.165, 1.54) is 53.9 Å². The van der Waals surface area contributed by atoms with Gasteiger partial charge in [-0.05, 0) is 72.4 Å². The first-order valence-corrected chi connectivity index (χ1v) is 18.4. The van der Waals surface area contributed by atoms with Gasteiger partial charge in [-0.1, -0.05) is 80.9 Å². The number of nitrogens with two attached hydrogens (primary N) is 1. The number of hydrogen-bond acceptors (Lipinski definition) is 8. The second-order valence-corrected chi connectivity index (χ2v) is 14.7. The lowest BCUT2D eigenvalue weighted by molar-refractivity contribution is -0.123. The van der Waals surface area contributed by atoms with Crippen LogP contribution in [0, 0.1) is 5.92 Å². The molecular weight excluding hydrogens is 669 g/mol. The topological polar surface area (TPSA) is 171 Å². The zero-order valence-corrected chi connectivity index (χ0v) is 30.1. The highest BCUT2D eigenvalue weighted by molar-refractivity contribution is 7.89. The van der Waals surface area contributed by atoms with Gasteiger partial charge in [0.2, 0.25) is 15.9 Å². The smallest absolute Gasteiger partial charge is 0.252 e. The number of nitrogens with zero attached hydrogens (tertiary/aromatic N) is 1. The van der Waals surface area contributed by atoms with Gasteiger partial charge in [0.05, 0.1) is 18.6 Å². The number of hydrogen-bond donors (Lipinski definition) is 5. The first-order valence-electron chi connectivity index (χ1n) is 17.0. The van der Waals surface area contributed by atoms with Crippen LogP contribution >= 0.6 is 0 Å². The Kier molecular flexibility index (Phi) is 14.0. The molecule has 2 atom stereocenters. The van der Waals surface area contributed by atoms with Crippen molar-refractivity contribution < 1.29 is 33.0 Å². The highest BCUT2D eigenvalue weighted by Gasteiger charge is 2.34. The number of amides is 2. The van der Waals surface area contributed by atoms with E-state index in [0.29, 0.717) is 24.9 Å². The molecule has 11 nitrogen and oxygen atoms in total. The number of anilines is 1. The van der Waals surface area contributed by atoms with Crippen molar-refractivity contribution in [2.45, 2.75) is 56.0 Å². The summed E-state index contributed by atoms with van der Waals surface area (Å²) in [5.41, 5.74) is 8.08. The van der Waals surface area contributed by atoms with E-state index in [4.69, 9.17) is 10.5 Å². The number of aliphatic hydroxyl groups excluding tert-OH is 1. The van der Waals surface area contributed by atoms with Crippen molar-refractivity contribution in [2.24, 2.45) is 5.92 Å². The van der Waals surface area contributed by atoms with Gasteiger partial charge < -0.3 is 31.3 Å². The number of aromatic hydroxyl groups is 1. The molecule has 0 unspecified atom stereocenters. The van der Waals surface area contributed by atoms with Gasteiger partial charge >= 0.3 is 0 Å². The molecule has 0 aromatic heterocycles. The quantitative estimate of drug-likeness (QED) is 0.0715. The minimum Gasteiger partial charge on any atom is -0.504 e. The van der Waals surface area contributed by atoms with Crippen molar-refractivity contribution in [3.8, 4) is 11.5 Å². The van der Waals surface area contributed by atoms with Crippen molar-refractivity contribution >= 4 is 27.5 Å². The maximum atomic E-state index is 14.0. The number of carbonyl (C=O) groups excluding carboxylic acids is 2. The van der Waals surface area contributed by atoms with Gasteiger partial charge in [0.1, 0.15) is 6.04 Å². The van der Waals surface area contributed by atoms with Gasteiger partial charge in [0.15, 0.2) is 11.5 Å². The molecule has 0 spiro atoms. The van der Waals surface area contributed by atoms with Crippen LogP contribution in [0.1, 0.15) is 60.5 Å². The molecule has 4 rings (SSSR count). The zero-order valence-electron chi connectivity index (χ0n) is 29.2. The van der Waals surface area contributed by atoms with Gasteiger partial charge in [-0.15, -0.1) is 0 Å². The van der Waals surface area contributed by atoms with Crippen LogP contribution in [-0.4, -0.2) is 73.6 Å². The third-order valence-corrected chi connectivity index (χ3v) is 10.5. The largest absolute Gasteiger partial charge is 0.504 e. The average Bonchev–Trinajstić information content (AvgIpc) is 3.13. The Hall–Kier alpha value is -4.91. The Morgan fingerprint density at radius 3 is 2.04 bits per heavy atom. The fourth-order valence-electron chi connectivity index (χ4n) is 5.97. The summed E-state index contributed by atoms with van der Waals surface area (Å²) < 4.78 is 33.8. The summed E-state index contributed by atoms with van der Waals surface area (Å²) >= 11 is 0. The van der Waals surface area contributed by atoms with Crippen molar-refractivity contribution in [3.05, 3.63) is 120 Å². The van der Waals surface area contributed by atoms with Crippen LogP contribution < -0.4 is 21.1 Å². The maximum absolute atomic E-state index is 14.0. The van der Waals surface area contributed by atoms with E-state index in [1.807, 2.05) is 74.5 Å². The first kappa shape index (κ1) is 38.9. The average molecular weight is 717 g/mol. The number of methoxy groups -OCH3 is 1. The molecule has 51 heavy (non-hydrogen) atoms. The fourth-order valence-corrected chi connectivity index (χ4v) is 7.78. The summed E-state index contributed by atoms with van der Waals surface area (Å²) in [4.78, 5) is 27.8. The predicted molar refractivity (Wildman–Crippen MR) is 198 cm³/mol. The number of phenolic OH excluding ortho intramolecular Hbond substituents is 1. The fraction of sp³-hybridized carbons (Fsp3) is 0.333. The third kappa shape index (κ3) is 10.3. The van der Waals surface area contributed by atoms with Crippen LogP contribution in [0.15, 0.2) is 108 Å². The molecular formula is C39H48N4O7S. The zero-order chi connectivity index (χ0) is 37.0. The Morgan fingerprint density at radius 2 is 1.49 bits per heavy atom. The summed E-state index contributed by atoms with van der Waals surface area (Å²) in [6, 6.07) is 27.4. The van der Waals surface area contributed by atoms with Crippen LogP contribution in [0.4, 0.5) is 5.69 Å². The molecule has 4 aromatic carbocycles. The number of sulfonamides is 1. The maximum Gasteiger partial charge on any atom is 0.252 e. The molecule has 6 N–H and O–H groups in total. The molecule has 12 heteroatoms. The van der Waals surface area contributed by atoms with Crippen molar-refractivity contribution in [1.29, 1.82) is 0 Å². The molecule has 0 saturated carbocycles. The second kappa shape index (κ2) is 18.4. The number of nitrogens with one attached hydrogen (secondary N) is 2. The summed E-state index contributed by atoms with van der Waals surface area (Å²) in [7, 11) is -2.52. The van der Waals surface area contributed by atoms with Crippen molar-refractivity contribution in [1.82, 2.24) is 14.9 Å². The molecule has 2 amide bonds. The number of benzene rings is 4.